The SMILES string of the molecule is [B]C1[CH-]C(C)C(C[CH2-])(CC)O1.[B][C@H]1[CH-]C(C)C([CH2-])(CC)O1.[B][C@H]1[CH-][C@@H](C)C([CH2-])(CC)O1.[Y].[Y].[Y]. The van der Waals surface area contributed by atoms with Crippen molar-refractivity contribution in [2.24, 2.45) is 17.8 Å². The fourth-order valence-corrected chi connectivity index (χ4v) is 4.31. The quantitative estimate of drug-likeness (QED) is 0.325. The average Bonchev–Trinajstić information content (AvgIpc) is 3.26. The Bertz CT molecular complexity index is 515. The van der Waals surface area contributed by atoms with Crippen LogP contribution >= 0.6 is 0 Å². The first-order chi connectivity index (χ1) is 14.3. The fourth-order valence-electron chi connectivity index (χ4n) is 4.31. The van der Waals surface area contributed by atoms with Crippen LogP contribution in [0.3, 0.4) is 0 Å². The molecule has 9 heteroatoms. The van der Waals surface area contributed by atoms with Crippen molar-refractivity contribution in [1.29, 1.82) is 0 Å². The molecule has 183 valence electrons. The van der Waals surface area contributed by atoms with Crippen molar-refractivity contribution >= 4 is 23.5 Å². The van der Waals surface area contributed by atoms with Gasteiger partial charge < -0.3 is 54.2 Å². The number of rotatable bonds is 4. The summed E-state index contributed by atoms with van der Waals surface area (Å²) in [7, 11) is 16.8. The molecule has 3 fully saturated rings. The molecule has 3 saturated heterocycles. The largest absolute Gasteiger partial charge is 0.446 e. The van der Waals surface area contributed by atoms with Gasteiger partial charge in [-0.25, -0.2) is 0 Å². The van der Waals surface area contributed by atoms with Crippen molar-refractivity contribution in [1.82, 2.24) is 0 Å². The van der Waals surface area contributed by atoms with Crippen molar-refractivity contribution in [3.63, 3.8) is 0 Å². The minimum Gasteiger partial charge on any atom is -0.446 e. The van der Waals surface area contributed by atoms with Gasteiger partial charge in [-0.1, -0.05) is 71.6 Å². The topological polar surface area (TPSA) is 27.7 Å². The van der Waals surface area contributed by atoms with E-state index in [1.54, 1.807) is 0 Å². The smallest absolute Gasteiger partial charge is 0.0625 e. The molecule has 3 aliphatic heterocycles. The zero-order valence-electron chi connectivity index (χ0n) is 22.3. The van der Waals surface area contributed by atoms with Crippen molar-refractivity contribution in [2.75, 3.05) is 0 Å². The van der Waals surface area contributed by atoms with Crippen LogP contribution in [-0.2, 0) is 112 Å². The second kappa shape index (κ2) is 18.7. The normalized spacial score (nSPS) is 42.6. The minimum atomic E-state index is -0.264. The second-order valence-corrected chi connectivity index (χ2v) is 9.20. The summed E-state index contributed by atoms with van der Waals surface area (Å²) in [6.07, 6.45) is 9.66. The van der Waals surface area contributed by atoms with Gasteiger partial charge in [0.2, 0.25) is 0 Å². The zero-order valence-corrected chi connectivity index (χ0v) is 30.8. The number of ether oxygens (including phenoxy) is 3. The fraction of sp³-hybridized carbons (Fsp3) is 0.760. The van der Waals surface area contributed by atoms with Gasteiger partial charge in [-0.2, -0.15) is 18.3 Å². The van der Waals surface area contributed by atoms with Gasteiger partial charge in [-0.3, -0.25) is 0 Å². The summed E-state index contributed by atoms with van der Waals surface area (Å²) in [4.78, 5) is 0. The first-order valence-electron chi connectivity index (χ1n) is 11.7. The van der Waals surface area contributed by atoms with Gasteiger partial charge in [-0.15, -0.1) is 17.9 Å². The van der Waals surface area contributed by atoms with Crippen molar-refractivity contribution in [2.45, 2.75) is 102 Å². The predicted octanol–water partition coefficient (Wildman–Crippen LogP) is 4.39. The van der Waals surface area contributed by atoms with Crippen LogP contribution in [0.1, 0.15) is 67.2 Å². The van der Waals surface area contributed by atoms with Gasteiger partial charge in [0.1, 0.15) is 0 Å². The maximum Gasteiger partial charge on any atom is 0.0625 e. The molecule has 3 rings (SSSR count). The summed E-state index contributed by atoms with van der Waals surface area (Å²) in [6.45, 7) is 24.4. The third-order valence-electron chi connectivity index (χ3n) is 7.26. The molecule has 9 atom stereocenters. The first-order valence-corrected chi connectivity index (χ1v) is 11.7. The van der Waals surface area contributed by atoms with Crippen molar-refractivity contribution < 1.29 is 112 Å². The zero-order chi connectivity index (χ0) is 24.0. The Balaban J connectivity index is -0.000000407. The Labute approximate surface area is 291 Å². The van der Waals surface area contributed by atoms with Crippen molar-refractivity contribution in [3.8, 4) is 0 Å². The molecule has 34 heavy (non-hydrogen) atoms. The van der Waals surface area contributed by atoms with E-state index in [-0.39, 0.29) is 133 Å². The summed E-state index contributed by atoms with van der Waals surface area (Å²) in [6, 6.07) is -0.619. The van der Waals surface area contributed by atoms with E-state index in [1.807, 2.05) is 12.8 Å². The average molecular weight is 689 g/mol. The molecule has 3 nitrogen and oxygen atoms in total. The molecule has 0 spiro atoms. The van der Waals surface area contributed by atoms with E-state index in [9.17, 15) is 0 Å². The van der Waals surface area contributed by atoms with Gasteiger partial charge in [0.25, 0.3) is 0 Å². The van der Waals surface area contributed by atoms with E-state index < -0.39 is 0 Å². The van der Waals surface area contributed by atoms with Crippen LogP contribution in [0.2, 0.25) is 0 Å². The third-order valence-corrected chi connectivity index (χ3v) is 7.26. The van der Waals surface area contributed by atoms with Crippen LogP contribution in [0.5, 0.6) is 0 Å². The molecule has 0 N–H and O–H groups in total. The Morgan fingerprint density at radius 2 is 0.971 bits per heavy atom. The van der Waals surface area contributed by atoms with Gasteiger partial charge in [0.15, 0.2) is 0 Å². The van der Waals surface area contributed by atoms with Gasteiger partial charge in [-0.05, 0) is 6.42 Å². The standard InChI is InChI=1S/C9H15BO.2C8H13BO.3Y/c1-4-9(5-2)7(3)6-8(10)11-9;2*1-4-8(3)6(2)5-7(9)10-8;;;/h6-8H,1,4-5H2,2-3H3;2*5-7H,3-4H2,1-2H3;;;/q3*-2;;;/t;6?,7-,8?;6-,7-,8?;;;/m.11.../s1. The van der Waals surface area contributed by atoms with Crippen LogP contribution in [0.4, 0.5) is 0 Å². The van der Waals surface area contributed by atoms with E-state index >= 15 is 0 Å². The molecule has 6 unspecified atom stereocenters. The van der Waals surface area contributed by atoms with Crippen LogP contribution < -0.4 is 0 Å². The van der Waals surface area contributed by atoms with E-state index in [1.165, 1.54) is 0 Å². The summed E-state index contributed by atoms with van der Waals surface area (Å²) >= 11 is 0. The Morgan fingerprint density at radius 3 is 1.09 bits per heavy atom. The van der Waals surface area contributed by atoms with E-state index in [2.05, 4.69) is 68.7 Å². The molecule has 9 radical (unpaired) electrons. The van der Waals surface area contributed by atoms with Gasteiger partial charge >= 0.3 is 0 Å². The molecule has 3 heterocycles. The van der Waals surface area contributed by atoms with Crippen LogP contribution in [0.25, 0.3) is 0 Å². The summed E-state index contributed by atoms with van der Waals surface area (Å²) in [5.74, 6) is 1.17. The Hall–Kier alpha value is 3.39. The summed E-state index contributed by atoms with van der Waals surface area (Å²) in [5, 5.41) is 0. The number of hydrogen-bond acceptors (Lipinski definition) is 3. The molecule has 0 aliphatic carbocycles. The maximum absolute atomic E-state index is 5.65. The molecule has 0 saturated carbocycles. The molecule has 0 aromatic carbocycles. The van der Waals surface area contributed by atoms with Crippen LogP contribution in [0.15, 0.2) is 0 Å². The maximum atomic E-state index is 5.65. The molecule has 0 aromatic rings. The monoisotopic (exact) mass is 689 g/mol. The second-order valence-electron chi connectivity index (χ2n) is 9.20. The summed E-state index contributed by atoms with van der Waals surface area (Å²) in [5.41, 5.74) is -0.613. The van der Waals surface area contributed by atoms with Crippen molar-refractivity contribution in [3.05, 3.63) is 40.0 Å². The molecular weight excluding hydrogens is 647 g/mol. The summed E-state index contributed by atoms with van der Waals surface area (Å²) < 4.78 is 16.5. The van der Waals surface area contributed by atoms with E-state index in [0.717, 1.165) is 25.7 Å². The van der Waals surface area contributed by atoms with E-state index in [0.29, 0.717) is 17.8 Å². The van der Waals surface area contributed by atoms with Crippen LogP contribution in [0, 0.1) is 57.8 Å². The molecule has 3 aliphatic rings. The molecule has 0 bridgehead atoms. The van der Waals surface area contributed by atoms with E-state index in [4.69, 9.17) is 37.7 Å². The molecule has 0 amide bonds. The third kappa shape index (κ3) is 11.5. The van der Waals surface area contributed by atoms with Gasteiger partial charge in [0.05, 0.1) is 23.5 Å². The Morgan fingerprint density at radius 1 is 0.647 bits per heavy atom. The predicted molar refractivity (Wildman–Crippen MR) is 132 cm³/mol. The Kier molecular flexibility index (Phi) is 23.0. The minimum absolute atomic E-state index is 0. The van der Waals surface area contributed by atoms with Crippen LogP contribution in [-0.4, -0.2) is 58.4 Å². The first kappa shape index (κ1) is 41.9. The molecule has 0 aromatic heterocycles. The van der Waals surface area contributed by atoms with Gasteiger partial charge in [0, 0.05) is 104 Å². The molecular formula is C25H41B3O3Y3-6. The number of hydrogen-bond donors (Lipinski definition) is 0.